The molecule has 0 fully saturated rings. The van der Waals surface area contributed by atoms with Crippen LogP contribution in [0.15, 0.2) is 36.7 Å². The second-order valence-corrected chi connectivity index (χ2v) is 3.74. The molecule has 2 aromatic rings. The molecule has 0 atom stereocenters. The Bertz CT molecular complexity index is 589. The molecule has 1 aromatic carbocycles. The van der Waals surface area contributed by atoms with E-state index in [1.165, 1.54) is 30.6 Å². The smallest absolute Gasteiger partial charge is 0.406 e. The fourth-order valence-electron chi connectivity index (χ4n) is 1.47. The molecule has 2 N–H and O–H groups in total. The third kappa shape index (κ3) is 4.01. The molecule has 0 saturated carbocycles. The molecule has 20 heavy (non-hydrogen) atoms. The summed E-state index contributed by atoms with van der Waals surface area (Å²) in [6, 6.07) is 5.48. The highest BCUT2D eigenvalue weighted by Gasteiger charge is 2.31. The summed E-state index contributed by atoms with van der Waals surface area (Å²) in [4.78, 5) is 8.08. The van der Waals surface area contributed by atoms with Crippen molar-refractivity contribution in [1.29, 1.82) is 0 Å². The van der Waals surface area contributed by atoms with Crippen molar-refractivity contribution in [3.05, 3.63) is 36.7 Å². The van der Waals surface area contributed by atoms with E-state index >= 15 is 0 Å². The molecular formula is C12H11F3N4O. The van der Waals surface area contributed by atoms with E-state index < -0.39 is 6.36 Å². The summed E-state index contributed by atoms with van der Waals surface area (Å²) in [6.45, 7) is 0. The van der Waals surface area contributed by atoms with Gasteiger partial charge in [0.05, 0.1) is 12.4 Å². The average molecular weight is 284 g/mol. The lowest BCUT2D eigenvalue weighted by molar-refractivity contribution is -0.274. The number of halogens is 3. The molecule has 0 unspecified atom stereocenters. The Hall–Kier alpha value is -2.51. The van der Waals surface area contributed by atoms with Gasteiger partial charge in [-0.1, -0.05) is 6.07 Å². The van der Waals surface area contributed by atoms with Gasteiger partial charge in [0.25, 0.3) is 0 Å². The van der Waals surface area contributed by atoms with Gasteiger partial charge < -0.3 is 15.4 Å². The second-order valence-electron chi connectivity index (χ2n) is 3.74. The third-order valence-corrected chi connectivity index (χ3v) is 2.23. The first-order chi connectivity index (χ1) is 9.46. The van der Waals surface area contributed by atoms with Gasteiger partial charge in [0.15, 0.2) is 5.82 Å². The van der Waals surface area contributed by atoms with Crippen molar-refractivity contribution < 1.29 is 17.9 Å². The van der Waals surface area contributed by atoms with Crippen LogP contribution < -0.4 is 15.4 Å². The molecule has 0 amide bonds. The normalized spacial score (nSPS) is 11.0. The van der Waals surface area contributed by atoms with Crippen LogP contribution in [-0.4, -0.2) is 23.4 Å². The molecule has 5 nitrogen and oxygen atoms in total. The van der Waals surface area contributed by atoms with Gasteiger partial charge in [-0.2, -0.15) is 0 Å². The quantitative estimate of drug-likeness (QED) is 0.903. The van der Waals surface area contributed by atoms with Crippen LogP contribution in [-0.2, 0) is 0 Å². The SMILES string of the molecule is CNc1cncc(Nc2cccc(OC(F)(F)F)c2)n1. The van der Waals surface area contributed by atoms with Crippen LogP contribution in [0.3, 0.4) is 0 Å². The molecule has 0 bridgehead atoms. The summed E-state index contributed by atoms with van der Waals surface area (Å²) in [6.07, 6.45) is -1.74. The highest BCUT2D eigenvalue weighted by Crippen LogP contribution is 2.26. The predicted octanol–water partition coefficient (Wildman–Crippen LogP) is 3.16. The molecule has 106 valence electrons. The van der Waals surface area contributed by atoms with Gasteiger partial charge in [-0.05, 0) is 12.1 Å². The van der Waals surface area contributed by atoms with Crippen molar-refractivity contribution >= 4 is 17.3 Å². The summed E-state index contributed by atoms with van der Waals surface area (Å²) in [5.74, 6) is 0.638. The zero-order chi connectivity index (χ0) is 14.6. The number of nitrogens with one attached hydrogen (secondary N) is 2. The minimum atomic E-state index is -4.72. The van der Waals surface area contributed by atoms with E-state index in [1.807, 2.05) is 0 Å². The summed E-state index contributed by atoms with van der Waals surface area (Å²) in [5.41, 5.74) is 0.411. The van der Waals surface area contributed by atoms with E-state index in [2.05, 4.69) is 25.3 Å². The Morgan fingerprint density at radius 1 is 1.15 bits per heavy atom. The van der Waals surface area contributed by atoms with Crippen LogP contribution in [0.5, 0.6) is 5.75 Å². The van der Waals surface area contributed by atoms with E-state index in [9.17, 15) is 13.2 Å². The number of anilines is 3. The fraction of sp³-hybridized carbons (Fsp3) is 0.167. The van der Waals surface area contributed by atoms with Crippen LogP contribution in [0, 0.1) is 0 Å². The first kappa shape index (κ1) is 13.9. The summed E-state index contributed by atoms with van der Waals surface area (Å²) >= 11 is 0. The molecule has 1 aromatic heterocycles. The number of hydrogen-bond acceptors (Lipinski definition) is 5. The topological polar surface area (TPSA) is 59.1 Å². The van der Waals surface area contributed by atoms with Crippen molar-refractivity contribution in [2.75, 3.05) is 17.7 Å². The van der Waals surface area contributed by atoms with Crippen molar-refractivity contribution in [3.63, 3.8) is 0 Å². The Balaban J connectivity index is 2.15. The Morgan fingerprint density at radius 3 is 2.60 bits per heavy atom. The lowest BCUT2D eigenvalue weighted by atomic mass is 10.3. The van der Waals surface area contributed by atoms with E-state index in [0.29, 0.717) is 17.3 Å². The van der Waals surface area contributed by atoms with E-state index in [-0.39, 0.29) is 5.75 Å². The maximum Gasteiger partial charge on any atom is 0.573 e. The lowest BCUT2D eigenvalue weighted by Crippen LogP contribution is -2.17. The standard InChI is InChI=1S/C12H11F3N4O/c1-16-10-6-17-7-11(19-10)18-8-3-2-4-9(5-8)20-12(13,14)15/h2-7H,1H3,(H2,16,18,19). The summed E-state index contributed by atoms with van der Waals surface area (Å²) < 4.78 is 40.2. The van der Waals surface area contributed by atoms with Crippen LogP contribution in [0.25, 0.3) is 0 Å². The summed E-state index contributed by atoms with van der Waals surface area (Å²) in [5, 5.41) is 5.65. The Labute approximate surface area is 112 Å². The predicted molar refractivity (Wildman–Crippen MR) is 68.0 cm³/mol. The van der Waals surface area contributed by atoms with Gasteiger partial charge in [-0.3, -0.25) is 4.98 Å². The maximum absolute atomic E-state index is 12.1. The van der Waals surface area contributed by atoms with Gasteiger partial charge in [-0.25, -0.2) is 4.98 Å². The van der Waals surface area contributed by atoms with E-state index in [0.717, 1.165) is 0 Å². The van der Waals surface area contributed by atoms with Gasteiger partial charge in [0.2, 0.25) is 0 Å². The molecule has 0 aliphatic rings. The van der Waals surface area contributed by atoms with Gasteiger partial charge >= 0.3 is 6.36 Å². The molecule has 0 saturated heterocycles. The molecular weight excluding hydrogens is 273 g/mol. The largest absolute Gasteiger partial charge is 0.573 e. The molecule has 8 heteroatoms. The van der Waals surface area contributed by atoms with E-state index in [1.54, 1.807) is 13.1 Å². The second kappa shape index (κ2) is 5.64. The zero-order valence-corrected chi connectivity index (χ0v) is 10.4. The van der Waals surface area contributed by atoms with Crippen LogP contribution >= 0.6 is 0 Å². The number of ether oxygens (including phenoxy) is 1. The number of rotatable bonds is 4. The Kier molecular flexibility index (Phi) is 3.92. The number of hydrogen-bond donors (Lipinski definition) is 2. The van der Waals surface area contributed by atoms with Crippen LogP contribution in [0.1, 0.15) is 0 Å². The fourth-order valence-corrected chi connectivity index (χ4v) is 1.47. The number of nitrogens with zero attached hydrogens (tertiary/aromatic N) is 2. The minimum absolute atomic E-state index is 0.305. The van der Waals surface area contributed by atoms with Crippen molar-refractivity contribution in [2.45, 2.75) is 6.36 Å². The molecule has 0 aliphatic carbocycles. The highest BCUT2D eigenvalue weighted by molar-refractivity contribution is 5.58. The maximum atomic E-state index is 12.1. The van der Waals surface area contributed by atoms with Crippen molar-refractivity contribution in [1.82, 2.24) is 9.97 Å². The third-order valence-electron chi connectivity index (χ3n) is 2.23. The molecule has 0 radical (unpaired) electrons. The monoisotopic (exact) mass is 284 g/mol. The molecule has 2 rings (SSSR count). The minimum Gasteiger partial charge on any atom is -0.406 e. The van der Waals surface area contributed by atoms with Crippen LogP contribution in [0.2, 0.25) is 0 Å². The average Bonchev–Trinajstić information content (AvgIpc) is 2.37. The Morgan fingerprint density at radius 2 is 1.90 bits per heavy atom. The molecule has 0 aliphatic heterocycles. The van der Waals surface area contributed by atoms with Crippen LogP contribution in [0.4, 0.5) is 30.5 Å². The van der Waals surface area contributed by atoms with Crippen molar-refractivity contribution in [3.8, 4) is 5.75 Å². The number of aromatic nitrogens is 2. The van der Waals surface area contributed by atoms with Crippen molar-refractivity contribution in [2.24, 2.45) is 0 Å². The zero-order valence-electron chi connectivity index (χ0n) is 10.4. The van der Waals surface area contributed by atoms with Gasteiger partial charge in [0.1, 0.15) is 11.6 Å². The lowest BCUT2D eigenvalue weighted by Gasteiger charge is -2.11. The number of benzene rings is 1. The van der Waals surface area contributed by atoms with E-state index in [4.69, 9.17) is 0 Å². The highest BCUT2D eigenvalue weighted by atomic mass is 19.4. The molecule has 1 heterocycles. The first-order valence-electron chi connectivity index (χ1n) is 5.59. The first-order valence-corrected chi connectivity index (χ1v) is 5.59. The summed E-state index contributed by atoms with van der Waals surface area (Å²) in [7, 11) is 1.69. The van der Waals surface area contributed by atoms with Gasteiger partial charge in [0, 0.05) is 18.8 Å². The number of alkyl halides is 3. The van der Waals surface area contributed by atoms with Gasteiger partial charge in [-0.15, -0.1) is 13.2 Å². The molecule has 0 spiro atoms.